The minimum atomic E-state index is 0.712. The molecule has 0 aromatic heterocycles. The fourth-order valence-electron chi connectivity index (χ4n) is 2.15. The molecular weight excluding hydrogens is 158 g/mol. The highest BCUT2D eigenvalue weighted by atomic mass is 14.9. The monoisotopic (exact) mass is 183 g/mol. The summed E-state index contributed by atoms with van der Waals surface area (Å²) in [6.07, 6.45) is 10.1. The van der Waals surface area contributed by atoms with Crippen molar-refractivity contribution in [3.8, 4) is 0 Å². The first-order valence-corrected chi connectivity index (χ1v) is 6.06. The highest BCUT2D eigenvalue weighted by molar-refractivity contribution is 4.67. The Kier molecular flexibility index (Phi) is 5.45. The van der Waals surface area contributed by atoms with Gasteiger partial charge in [0, 0.05) is 6.04 Å². The fraction of sp³-hybridized carbons (Fsp3) is 1.00. The Bertz CT molecular complexity index is 116. The molecule has 1 rings (SSSR count). The van der Waals surface area contributed by atoms with Gasteiger partial charge in [-0.1, -0.05) is 39.0 Å². The molecule has 1 nitrogen and oxygen atoms in total. The average molecular weight is 183 g/mol. The molecule has 1 unspecified atom stereocenters. The van der Waals surface area contributed by atoms with Gasteiger partial charge in [-0.25, -0.2) is 0 Å². The minimum Gasteiger partial charge on any atom is -0.314 e. The molecule has 1 heteroatoms. The van der Waals surface area contributed by atoms with E-state index in [1.54, 1.807) is 0 Å². The quantitative estimate of drug-likeness (QED) is 0.689. The van der Waals surface area contributed by atoms with Gasteiger partial charge in [-0.05, 0) is 32.2 Å². The van der Waals surface area contributed by atoms with Crippen molar-refractivity contribution in [2.24, 2.45) is 5.92 Å². The summed E-state index contributed by atoms with van der Waals surface area (Å²) in [4.78, 5) is 0. The minimum absolute atomic E-state index is 0.712. The molecule has 1 aliphatic rings. The van der Waals surface area contributed by atoms with Crippen LogP contribution < -0.4 is 5.32 Å². The van der Waals surface area contributed by atoms with Gasteiger partial charge in [0.25, 0.3) is 0 Å². The second-order valence-corrected chi connectivity index (χ2v) is 4.56. The first kappa shape index (κ1) is 11.0. The summed E-state index contributed by atoms with van der Waals surface area (Å²) in [5, 5.41) is 3.58. The van der Waals surface area contributed by atoms with Crippen LogP contribution in [0.4, 0.5) is 0 Å². The van der Waals surface area contributed by atoms with E-state index in [0.29, 0.717) is 6.04 Å². The predicted octanol–water partition coefficient (Wildman–Crippen LogP) is 3.34. The molecule has 1 atom stereocenters. The maximum Gasteiger partial charge on any atom is 0.00361 e. The van der Waals surface area contributed by atoms with Gasteiger partial charge in [-0.15, -0.1) is 0 Å². The molecular formula is C12H25N. The highest BCUT2D eigenvalue weighted by Gasteiger charge is 2.12. The van der Waals surface area contributed by atoms with E-state index in [-0.39, 0.29) is 0 Å². The third-order valence-corrected chi connectivity index (χ3v) is 3.38. The molecule has 0 saturated heterocycles. The first-order chi connectivity index (χ1) is 6.33. The van der Waals surface area contributed by atoms with Crippen molar-refractivity contribution < 1.29 is 0 Å². The molecule has 0 bridgehead atoms. The fourth-order valence-corrected chi connectivity index (χ4v) is 2.15. The zero-order valence-corrected chi connectivity index (χ0v) is 9.31. The number of rotatable bonds is 5. The SMILES string of the molecule is CCC(C)NCCC1CCCCC1. The van der Waals surface area contributed by atoms with Crippen LogP contribution in [0.25, 0.3) is 0 Å². The molecule has 1 saturated carbocycles. The number of hydrogen-bond donors (Lipinski definition) is 1. The largest absolute Gasteiger partial charge is 0.314 e. The van der Waals surface area contributed by atoms with Gasteiger partial charge in [0.2, 0.25) is 0 Å². The smallest absolute Gasteiger partial charge is 0.00361 e. The van der Waals surface area contributed by atoms with Crippen LogP contribution in [0.2, 0.25) is 0 Å². The molecule has 78 valence electrons. The van der Waals surface area contributed by atoms with Crippen LogP contribution in [0.15, 0.2) is 0 Å². The summed E-state index contributed by atoms with van der Waals surface area (Å²) >= 11 is 0. The van der Waals surface area contributed by atoms with E-state index in [4.69, 9.17) is 0 Å². The molecule has 1 fully saturated rings. The second-order valence-electron chi connectivity index (χ2n) is 4.56. The van der Waals surface area contributed by atoms with E-state index >= 15 is 0 Å². The molecule has 0 aromatic rings. The molecule has 0 heterocycles. The highest BCUT2D eigenvalue weighted by Crippen LogP contribution is 2.25. The van der Waals surface area contributed by atoms with Crippen LogP contribution in [0.3, 0.4) is 0 Å². The van der Waals surface area contributed by atoms with Crippen LogP contribution in [0.1, 0.15) is 58.8 Å². The molecule has 0 amide bonds. The van der Waals surface area contributed by atoms with E-state index in [1.165, 1.54) is 51.5 Å². The maximum atomic E-state index is 3.58. The van der Waals surface area contributed by atoms with Crippen LogP contribution >= 0.6 is 0 Å². The normalized spacial score (nSPS) is 21.7. The Morgan fingerprint density at radius 2 is 1.92 bits per heavy atom. The van der Waals surface area contributed by atoms with Crippen LogP contribution in [-0.4, -0.2) is 12.6 Å². The van der Waals surface area contributed by atoms with Crippen molar-refractivity contribution in [2.45, 2.75) is 64.8 Å². The van der Waals surface area contributed by atoms with Gasteiger partial charge >= 0.3 is 0 Å². The van der Waals surface area contributed by atoms with Crippen molar-refractivity contribution in [2.75, 3.05) is 6.54 Å². The Hall–Kier alpha value is -0.0400. The lowest BCUT2D eigenvalue weighted by molar-refractivity contribution is 0.328. The van der Waals surface area contributed by atoms with Crippen molar-refractivity contribution in [1.82, 2.24) is 5.32 Å². The summed E-state index contributed by atoms with van der Waals surface area (Å²) in [5.74, 6) is 1.03. The predicted molar refractivity (Wildman–Crippen MR) is 58.9 cm³/mol. The Morgan fingerprint density at radius 1 is 1.23 bits per heavy atom. The summed E-state index contributed by atoms with van der Waals surface area (Å²) in [6.45, 7) is 5.76. The molecule has 0 aliphatic heterocycles. The second kappa shape index (κ2) is 6.42. The zero-order valence-electron chi connectivity index (χ0n) is 9.31. The summed E-state index contributed by atoms with van der Waals surface area (Å²) < 4.78 is 0. The molecule has 0 radical (unpaired) electrons. The summed E-state index contributed by atoms with van der Waals surface area (Å²) in [5.41, 5.74) is 0. The van der Waals surface area contributed by atoms with Crippen molar-refractivity contribution >= 4 is 0 Å². The van der Waals surface area contributed by atoms with Crippen LogP contribution in [0, 0.1) is 5.92 Å². The van der Waals surface area contributed by atoms with E-state index in [9.17, 15) is 0 Å². The maximum absolute atomic E-state index is 3.58. The zero-order chi connectivity index (χ0) is 9.52. The Balaban J connectivity index is 1.98. The lowest BCUT2D eigenvalue weighted by atomic mass is 9.87. The van der Waals surface area contributed by atoms with E-state index in [2.05, 4.69) is 19.2 Å². The van der Waals surface area contributed by atoms with Gasteiger partial charge in [-0.2, -0.15) is 0 Å². The van der Waals surface area contributed by atoms with Gasteiger partial charge in [0.05, 0.1) is 0 Å². The third-order valence-electron chi connectivity index (χ3n) is 3.38. The van der Waals surface area contributed by atoms with Gasteiger partial charge in [-0.3, -0.25) is 0 Å². The lowest BCUT2D eigenvalue weighted by Crippen LogP contribution is -2.27. The first-order valence-electron chi connectivity index (χ1n) is 6.06. The standard InChI is InChI=1S/C12H25N/c1-3-11(2)13-10-9-12-7-5-4-6-8-12/h11-13H,3-10H2,1-2H3. The Morgan fingerprint density at radius 3 is 2.54 bits per heavy atom. The Labute approximate surface area is 83.3 Å². The lowest BCUT2D eigenvalue weighted by Gasteiger charge is -2.22. The van der Waals surface area contributed by atoms with Gasteiger partial charge < -0.3 is 5.32 Å². The van der Waals surface area contributed by atoms with Crippen LogP contribution in [-0.2, 0) is 0 Å². The summed E-state index contributed by atoms with van der Waals surface area (Å²) in [6, 6.07) is 0.712. The van der Waals surface area contributed by atoms with Crippen molar-refractivity contribution in [1.29, 1.82) is 0 Å². The van der Waals surface area contributed by atoms with E-state index < -0.39 is 0 Å². The summed E-state index contributed by atoms with van der Waals surface area (Å²) in [7, 11) is 0. The van der Waals surface area contributed by atoms with E-state index in [1.807, 2.05) is 0 Å². The average Bonchev–Trinajstić information content (AvgIpc) is 2.19. The van der Waals surface area contributed by atoms with Crippen molar-refractivity contribution in [3.63, 3.8) is 0 Å². The topological polar surface area (TPSA) is 12.0 Å². The molecule has 0 spiro atoms. The van der Waals surface area contributed by atoms with Gasteiger partial charge in [0.15, 0.2) is 0 Å². The van der Waals surface area contributed by atoms with Crippen LogP contribution in [0.5, 0.6) is 0 Å². The van der Waals surface area contributed by atoms with Gasteiger partial charge in [0.1, 0.15) is 0 Å². The van der Waals surface area contributed by atoms with Crippen molar-refractivity contribution in [3.05, 3.63) is 0 Å². The number of hydrogen-bond acceptors (Lipinski definition) is 1. The molecule has 1 N–H and O–H groups in total. The molecule has 13 heavy (non-hydrogen) atoms. The molecule has 0 aromatic carbocycles. The van der Waals surface area contributed by atoms with E-state index in [0.717, 1.165) is 5.92 Å². The number of nitrogens with one attached hydrogen (secondary N) is 1. The molecule has 1 aliphatic carbocycles. The third kappa shape index (κ3) is 4.66.